The third-order valence-corrected chi connectivity index (χ3v) is 4.41. The number of hydrogen-bond donors (Lipinski definition) is 2. The van der Waals surface area contributed by atoms with Crippen molar-refractivity contribution >= 4 is 17.6 Å². The van der Waals surface area contributed by atoms with E-state index in [1.807, 2.05) is 24.3 Å². The first-order chi connectivity index (χ1) is 12.6. The molecule has 1 aromatic heterocycles. The number of unbranched alkanes of at least 4 members (excludes halogenated alkanes) is 1. The molecule has 2 rings (SSSR count). The van der Waals surface area contributed by atoms with Gasteiger partial charge in [0.1, 0.15) is 12.2 Å². The molecule has 2 N–H and O–H groups in total. The van der Waals surface area contributed by atoms with Crippen LogP contribution in [0.1, 0.15) is 51.0 Å². The van der Waals surface area contributed by atoms with Gasteiger partial charge >= 0.3 is 0 Å². The summed E-state index contributed by atoms with van der Waals surface area (Å²) in [5.41, 5.74) is 1.17. The smallest absolute Gasteiger partial charge is 0.191 e. The summed E-state index contributed by atoms with van der Waals surface area (Å²) in [5.74, 6) is 1.82. The van der Waals surface area contributed by atoms with Crippen LogP contribution < -0.4 is 10.6 Å². The van der Waals surface area contributed by atoms with Gasteiger partial charge in [-0.05, 0) is 31.0 Å². The summed E-state index contributed by atoms with van der Waals surface area (Å²) < 4.78 is 2.07. The van der Waals surface area contributed by atoms with E-state index in [1.165, 1.54) is 5.56 Å². The Morgan fingerprint density at radius 1 is 1.27 bits per heavy atom. The monoisotopic (exact) mass is 376 g/mol. The first-order valence-electron chi connectivity index (χ1n) is 9.31. The van der Waals surface area contributed by atoms with Crippen LogP contribution in [0.5, 0.6) is 0 Å². The van der Waals surface area contributed by atoms with Crippen molar-refractivity contribution in [3.63, 3.8) is 0 Å². The molecule has 1 heterocycles. The molecule has 0 aliphatic rings. The summed E-state index contributed by atoms with van der Waals surface area (Å²) in [6.07, 6.45) is 4.86. The molecule has 0 aliphatic carbocycles. The number of guanidine groups is 1. The van der Waals surface area contributed by atoms with Crippen LogP contribution >= 0.6 is 11.6 Å². The Balaban J connectivity index is 1.94. The van der Waals surface area contributed by atoms with E-state index in [-0.39, 0.29) is 6.04 Å². The van der Waals surface area contributed by atoms with E-state index in [1.54, 1.807) is 6.33 Å². The van der Waals surface area contributed by atoms with Crippen molar-refractivity contribution in [1.29, 1.82) is 0 Å². The van der Waals surface area contributed by atoms with Gasteiger partial charge in [0, 0.05) is 31.1 Å². The maximum absolute atomic E-state index is 5.98. The van der Waals surface area contributed by atoms with Crippen LogP contribution in [0, 0.1) is 0 Å². The van der Waals surface area contributed by atoms with Crippen LogP contribution in [0.3, 0.4) is 0 Å². The lowest BCUT2D eigenvalue weighted by Gasteiger charge is -2.19. The molecule has 142 valence electrons. The highest BCUT2D eigenvalue weighted by atomic mass is 35.5. The maximum atomic E-state index is 5.98. The van der Waals surface area contributed by atoms with Gasteiger partial charge in [0.15, 0.2) is 5.96 Å². The average Bonchev–Trinajstić information content (AvgIpc) is 3.09. The van der Waals surface area contributed by atoms with Crippen LogP contribution in [0.15, 0.2) is 35.6 Å². The number of nitrogens with one attached hydrogen (secondary N) is 2. The molecule has 26 heavy (non-hydrogen) atoms. The lowest BCUT2D eigenvalue weighted by atomic mass is 10.1. The number of aromatic nitrogens is 3. The molecule has 1 unspecified atom stereocenters. The van der Waals surface area contributed by atoms with Gasteiger partial charge in [0.05, 0.1) is 6.04 Å². The summed E-state index contributed by atoms with van der Waals surface area (Å²) in [6.45, 7) is 8.75. The van der Waals surface area contributed by atoms with Gasteiger partial charge in [-0.15, -0.1) is 10.2 Å². The van der Waals surface area contributed by atoms with Crippen LogP contribution in [-0.4, -0.2) is 33.8 Å². The molecular formula is C19H29ClN6. The molecule has 0 spiro atoms. The van der Waals surface area contributed by atoms with Crippen molar-refractivity contribution in [2.45, 2.75) is 52.6 Å². The standard InChI is InChI=1S/C19H29ClN6/c1-4-6-11-21-19(22-12-13-26-14-23-25-18(26)5-2)24-15(3)16-7-9-17(20)10-8-16/h7-10,14-15H,4-6,11-13H2,1-3H3,(H2,21,22,24). The molecular weight excluding hydrogens is 348 g/mol. The van der Waals surface area contributed by atoms with Crippen molar-refractivity contribution in [3.8, 4) is 0 Å². The molecule has 0 amide bonds. The molecule has 0 aliphatic heterocycles. The largest absolute Gasteiger partial charge is 0.355 e. The molecule has 7 heteroatoms. The fourth-order valence-corrected chi connectivity index (χ4v) is 2.70. The first-order valence-corrected chi connectivity index (χ1v) is 9.68. The Hall–Kier alpha value is -2.08. The maximum Gasteiger partial charge on any atom is 0.191 e. The molecule has 0 bridgehead atoms. The van der Waals surface area contributed by atoms with Gasteiger partial charge in [0.25, 0.3) is 0 Å². The van der Waals surface area contributed by atoms with Crippen LogP contribution in [0.4, 0.5) is 0 Å². The van der Waals surface area contributed by atoms with E-state index < -0.39 is 0 Å². The number of aliphatic imine (C=N–C) groups is 1. The van der Waals surface area contributed by atoms with E-state index >= 15 is 0 Å². The SMILES string of the molecule is CCCCN=C(NCCn1cnnc1CC)NC(C)c1ccc(Cl)cc1. The predicted molar refractivity (Wildman–Crippen MR) is 108 cm³/mol. The number of rotatable bonds is 9. The normalized spacial score (nSPS) is 12.8. The lowest BCUT2D eigenvalue weighted by Crippen LogP contribution is -2.40. The van der Waals surface area contributed by atoms with E-state index in [2.05, 4.69) is 51.2 Å². The zero-order valence-electron chi connectivity index (χ0n) is 15.9. The average molecular weight is 377 g/mol. The highest BCUT2D eigenvalue weighted by Gasteiger charge is 2.08. The minimum atomic E-state index is 0.140. The molecule has 0 fully saturated rings. The zero-order valence-corrected chi connectivity index (χ0v) is 16.6. The fraction of sp³-hybridized carbons (Fsp3) is 0.526. The molecule has 1 atom stereocenters. The van der Waals surface area contributed by atoms with Gasteiger partial charge < -0.3 is 15.2 Å². The highest BCUT2D eigenvalue weighted by molar-refractivity contribution is 6.30. The Bertz CT molecular complexity index is 680. The van der Waals surface area contributed by atoms with Gasteiger partial charge in [-0.2, -0.15) is 0 Å². The number of nitrogens with zero attached hydrogens (tertiary/aromatic N) is 4. The quantitative estimate of drug-likeness (QED) is 0.398. The highest BCUT2D eigenvalue weighted by Crippen LogP contribution is 2.15. The Morgan fingerprint density at radius 3 is 2.73 bits per heavy atom. The molecule has 0 saturated heterocycles. The number of benzene rings is 1. The molecule has 6 nitrogen and oxygen atoms in total. The summed E-state index contributed by atoms with van der Waals surface area (Å²) in [7, 11) is 0. The van der Waals surface area contributed by atoms with Crippen molar-refractivity contribution in [3.05, 3.63) is 47.0 Å². The Labute approximate surface area is 161 Å². The summed E-state index contributed by atoms with van der Waals surface area (Å²) in [4.78, 5) is 4.69. The van der Waals surface area contributed by atoms with E-state index in [4.69, 9.17) is 11.6 Å². The van der Waals surface area contributed by atoms with Gasteiger partial charge in [-0.1, -0.05) is 44.0 Å². The second kappa shape index (κ2) is 10.8. The van der Waals surface area contributed by atoms with Crippen LogP contribution in [0.25, 0.3) is 0 Å². The summed E-state index contributed by atoms with van der Waals surface area (Å²) in [6, 6.07) is 8.04. The Kier molecular flexibility index (Phi) is 8.41. The van der Waals surface area contributed by atoms with Crippen LogP contribution in [0.2, 0.25) is 5.02 Å². The van der Waals surface area contributed by atoms with Crippen molar-refractivity contribution in [1.82, 2.24) is 25.4 Å². The molecule has 2 aromatic rings. The molecule has 1 aromatic carbocycles. The number of halogens is 1. The summed E-state index contributed by atoms with van der Waals surface area (Å²) in [5, 5.41) is 15.7. The van der Waals surface area contributed by atoms with E-state index in [0.717, 1.165) is 55.7 Å². The second-order valence-corrected chi connectivity index (χ2v) is 6.66. The van der Waals surface area contributed by atoms with Crippen molar-refractivity contribution < 1.29 is 0 Å². The third kappa shape index (κ3) is 6.33. The minimum Gasteiger partial charge on any atom is -0.355 e. The number of hydrogen-bond acceptors (Lipinski definition) is 3. The van der Waals surface area contributed by atoms with Crippen molar-refractivity contribution in [2.75, 3.05) is 13.1 Å². The third-order valence-electron chi connectivity index (χ3n) is 4.16. The summed E-state index contributed by atoms with van der Waals surface area (Å²) >= 11 is 5.98. The second-order valence-electron chi connectivity index (χ2n) is 6.22. The molecule has 0 saturated carbocycles. The fourth-order valence-electron chi connectivity index (χ4n) is 2.58. The van der Waals surface area contributed by atoms with Gasteiger partial charge in [-0.25, -0.2) is 0 Å². The number of aryl methyl sites for hydroxylation is 1. The lowest BCUT2D eigenvalue weighted by molar-refractivity contribution is 0.618. The predicted octanol–water partition coefficient (Wildman–Crippen LogP) is 3.59. The van der Waals surface area contributed by atoms with Gasteiger partial charge in [0.2, 0.25) is 0 Å². The van der Waals surface area contributed by atoms with Gasteiger partial charge in [-0.3, -0.25) is 4.99 Å². The zero-order chi connectivity index (χ0) is 18.8. The molecule has 0 radical (unpaired) electrons. The minimum absolute atomic E-state index is 0.140. The van der Waals surface area contributed by atoms with E-state index in [9.17, 15) is 0 Å². The topological polar surface area (TPSA) is 67.1 Å². The van der Waals surface area contributed by atoms with Crippen molar-refractivity contribution in [2.24, 2.45) is 4.99 Å². The van der Waals surface area contributed by atoms with E-state index in [0.29, 0.717) is 0 Å². The first kappa shape index (κ1) is 20.2. The Morgan fingerprint density at radius 2 is 2.04 bits per heavy atom. The van der Waals surface area contributed by atoms with Crippen LogP contribution in [-0.2, 0) is 13.0 Å².